The van der Waals surface area contributed by atoms with Gasteiger partial charge in [-0.15, -0.1) is 0 Å². The normalized spacial score (nSPS) is 25.8. The summed E-state index contributed by atoms with van der Waals surface area (Å²) in [5.41, 5.74) is 0.994. The fourth-order valence-corrected chi connectivity index (χ4v) is 3.34. The molecular formula is C21H36N2O4. The Morgan fingerprint density at radius 2 is 2.19 bits per heavy atom. The van der Waals surface area contributed by atoms with Crippen molar-refractivity contribution in [1.82, 2.24) is 10.2 Å². The first-order valence-corrected chi connectivity index (χ1v) is 10.1. The van der Waals surface area contributed by atoms with Crippen molar-refractivity contribution in [2.75, 3.05) is 46.5 Å². The second-order valence-electron chi connectivity index (χ2n) is 7.16. The number of ether oxygens (including phenoxy) is 3. The van der Waals surface area contributed by atoms with Gasteiger partial charge < -0.3 is 24.6 Å². The number of aliphatic hydroxyl groups is 1. The van der Waals surface area contributed by atoms with Crippen LogP contribution in [0.1, 0.15) is 32.6 Å². The minimum atomic E-state index is -0.199. The molecule has 1 unspecified atom stereocenters. The minimum absolute atomic E-state index is 0.0766. The Morgan fingerprint density at radius 3 is 2.81 bits per heavy atom. The highest BCUT2D eigenvalue weighted by Crippen LogP contribution is 2.14. The number of aliphatic hydroxyl groups excluding tert-OH is 1. The van der Waals surface area contributed by atoms with Crippen molar-refractivity contribution in [3.63, 3.8) is 0 Å². The van der Waals surface area contributed by atoms with Gasteiger partial charge in [-0.1, -0.05) is 12.7 Å². The summed E-state index contributed by atoms with van der Waals surface area (Å²) in [7, 11) is 1.94. The maximum Gasteiger partial charge on any atom is 0.157 e. The Morgan fingerprint density at radius 1 is 1.33 bits per heavy atom. The van der Waals surface area contributed by atoms with Crippen molar-refractivity contribution in [3.8, 4) is 0 Å². The van der Waals surface area contributed by atoms with Crippen molar-refractivity contribution >= 4 is 0 Å². The van der Waals surface area contributed by atoms with E-state index in [9.17, 15) is 5.11 Å². The lowest BCUT2D eigenvalue weighted by molar-refractivity contribution is -0.167. The number of likely N-dealkylation sites (N-methyl/N-ethyl adjacent to an activating group) is 1. The quantitative estimate of drug-likeness (QED) is 0.326. The lowest BCUT2D eigenvalue weighted by Crippen LogP contribution is -2.39. The molecule has 2 saturated heterocycles. The van der Waals surface area contributed by atoms with Crippen LogP contribution in [-0.4, -0.2) is 74.9 Å². The van der Waals surface area contributed by atoms with E-state index in [0.29, 0.717) is 13.2 Å². The maximum atomic E-state index is 9.68. The molecule has 0 amide bonds. The largest absolute Gasteiger partial charge is 0.492 e. The summed E-state index contributed by atoms with van der Waals surface area (Å²) in [6.07, 6.45) is 9.71. The molecule has 0 bridgehead atoms. The molecule has 2 aliphatic heterocycles. The van der Waals surface area contributed by atoms with Crippen LogP contribution in [0, 0.1) is 0 Å². The molecule has 3 atom stereocenters. The van der Waals surface area contributed by atoms with Crippen LogP contribution in [0.15, 0.2) is 36.1 Å². The Bertz CT molecular complexity index is 500. The standard InChI is InChI=1S/C21H36N2O4/c1-4-19(25-13-14-27-21-7-5-6-12-26-21)9-8-17(2)20(22-3)16-23-11-10-18(24)15-23/h4,8-9,18,20-22,24H,2,5-7,10-16H2,1,3H3/b9-8-,19-4+/t18-,20+,21?/m0/s1. The van der Waals surface area contributed by atoms with Crippen molar-refractivity contribution < 1.29 is 19.3 Å². The first kappa shape index (κ1) is 22.1. The molecule has 2 N–H and O–H groups in total. The first-order valence-electron chi connectivity index (χ1n) is 10.1. The number of hydrogen-bond acceptors (Lipinski definition) is 6. The number of allylic oxidation sites excluding steroid dienone is 2. The van der Waals surface area contributed by atoms with E-state index < -0.39 is 0 Å². The molecule has 0 aromatic rings. The molecule has 6 heteroatoms. The third-order valence-corrected chi connectivity index (χ3v) is 5.02. The molecule has 2 rings (SSSR count). The van der Waals surface area contributed by atoms with Crippen molar-refractivity contribution in [3.05, 3.63) is 36.1 Å². The van der Waals surface area contributed by atoms with Crippen LogP contribution in [0.5, 0.6) is 0 Å². The van der Waals surface area contributed by atoms with Gasteiger partial charge in [-0.05, 0) is 57.4 Å². The van der Waals surface area contributed by atoms with E-state index in [1.165, 1.54) is 6.42 Å². The zero-order valence-electron chi connectivity index (χ0n) is 16.9. The number of likely N-dealkylation sites (tertiary alicyclic amines) is 1. The Labute approximate surface area is 163 Å². The van der Waals surface area contributed by atoms with Gasteiger partial charge in [-0.3, -0.25) is 4.90 Å². The van der Waals surface area contributed by atoms with E-state index in [1.807, 2.05) is 32.2 Å². The lowest BCUT2D eigenvalue weighted by atomic mass is 10.1. The van der Waals surface area contributed by atoms with Crippen LogP contribution in [0.25, 0.3) is 0 Å². The topological polar surface area (TPSA) is 63.2 Å². The highest BCUT2D eigenvalue weighted by atomic mass is 16.7. The fourth-order valence-electron chi connectivity index (χ4n) is 3.34. The summed E-state index contributed by atoms with van der Waals surface area (Å²) in [5.74, 6) is 0.802. The van der Waals surface area contributed by atoms with Crippen LogP contribution < -0.4 is 5.32 Å². The molecule has 0 aromatic carbocycles. The smallest absolute Gasteiger partial charge is 0.157 e. The number of rotatable bonds is 11. The van der Waals surface area contributed by atoms with E-state index in [4.69, 9.17) is 14.2 Å². The molecule has 0 spiro atoms. The van der Waals surface area contributed by atoms with Crippen molar-refractivity contribution in [1.29, 1.82) is 0 Å². The molecule has 0 aliphatic carbocycles. The predicted octanol–water partition coefficient (Wildman–Crippen LogP) is 2.22. The molecular weight excluding hydrogens is 344 g/mol. The fraction of sp³-hybridized carbons (Fsp3) is 0.714. The third-order valence-electron chi connectivity index (χ3n) is 5.02. The number of hydrogen-bond donors (Lipinski definition) is 2. The number of nitrogens with zero attached hydrogens (tertiary/aromatic N) is 1. The molecule has 2 aliphatic rings. The Kier molecular flexibility index (Phi) is 10.1. The number of nitrogens with one attached hydrogen (secondary N) is 1. The van der Waals surface area contributed by atoms with E-state index in [2.05, 4.69) is 16.8 Å². The van der Waals surface area contributed by atoms with Crippen LogP contribution in [-0.2, 0) is 14.2 Å². The average molecular weight is 381 g/mol. The summed E-state index contributed by atoms with van der Waals surface area (Å²) < 4.78 is 17.0. The summed E-state index contributed by atoms with van der Waals surface area (Å²) in [6.45, 7) is 10.5. The zero-order chi connectivity index (χ0) is 19.5. The molecule has 0 radical (unpaired) electrons. The van der Waals surface area contributed by atoms with Gasteiger partial charge in [0.25, 0.3) is 0 Å². The first-order chi connectivity index (χ1) is 13.1. The van der Waals surface area contributed by atoms with Gasteiger partial charge in [0.05, 0.1) is 12.7 Å². The van der Waals surface area contributed by atoms with Gasteiger partial charge in [-0.2, -0.15) is 0 Å². The van der Waals surface area contributed by atoms with E-state index in [0.717, 1.165) is 56.8 Å². The van der Waals surface area contributed by atoms with Gasteiger partial charge in [0.2, 0.25) is 0 Å². The molecule has 27 heavy (non-hydrogen) atoms. The van der Waals surface area contributed by atoms with E-state index in [-0.39, 0.29) is 18.4 Å². The summed E-state index contributed by atoms with van der Waals surface area (Å²) >= 11 is 0. The second-order valence-corrected chi connectivity index (χ2v) is 7.16. The predicted molar refractivity (Wildman–Crippen MR) is 107 cm³/mol. The molecule has 2 fully saturated rings. The van der Waals surface area contributed by atoms with Crippen LogP contribution >= 0.6 is 0 Å². The van der Waals surface area contributed by atoms with Crippen LogP contribution in [0.2, 0.25) is 0 Å². The summed E-state index contributed by atoms with van der Waals surface area (Å²) in [4.78, 5) is 2.27. The van der Waals surface area contributed by atoms with Crippen LogP contribution in [0.4, 0.5) is 0 Å². The molecule has 154 valence electrons. The monoisotopic (exact) mass is 380 g/mol. The van der Waals surface area contributed by atoms with Gasteiger partial charge in [-0.25, -0.2) is 0 Å². The molecule has 0 saturated carbocycles. The highest BCUT2D eigenvalue weighted by Gasteiger charge is 2.23. The molecule has 2 heterocycles. The van der Waals surface area contributed by atoms with Crippen molar-refractivity contribution in [2.24, 2.45) is 0 Å². The minimum Gasteiger partial charge on any atom is -0.492 e. The van der Waals surface area contributed by atoms with Gasteiger partial charge in [0, 0.05) is 32.3 Å². The molecule has 0 aromatic heterocycles. The number of β-amino-alcohol motifs (C(OH)–C–C–N with tert-alkyl or cyclic N) is 1. The molecule has 6 nitrogen and oxygen atoms in total. The SMILES string of the molecule is C=C(/C=C\C(=C/C)OCCOC1CCCCO1)[C@@H](CN1CC[C@H](O)C1)NC. The van der Waals surface area contributed by atoms with Crippen LogP contribution in [0.3, 0.4) is 0 Å². The summed E-state index contributed by atoms with van der Waals surface area (Å²) in [6, 6.07) is 0.149. The average Bonchev–Trinajstić information content (AvgIpc) is 3.11. The summed E-state index contributed by atoms with van der Waals surface area (Å²) in [5, 5.41) is 13.0. The highest BCUT2D eigenvalue weighted by molar-refractivity contribution is 5.27. The third kappa shape index (κ3) is 8.15. The van der Waals surface area contributed by atoms with E-state index >= 15 is 0 Å². The Balaban J connectivity index is 1.69. The Hall–Kier alpha value is -1.18. The van der Waals surface area contributed by atoms with Crippen molar-refractivity contribution in [2.45, 2.75) is 51.0 Å². The zero-order valence-corrected chi connectivity index (χ0v) is 16.9. The van der Waals surface area contributed by atoms with Gasteiger partial charge in [0.1, 0.15) is 12.4 Å². The lowest BCUT2D eigenvalue weighted by Gasteiger charge is -2.23. The second kappa shape index (κ2) is 12.3. The van der Waals surface area contributed by atoms with E-state index in [1.54, 1.807) is 0 Å². The van der Waals surface area contributed by atoms with Gasteiger partial charge in [0.15, 0.2) is 6.29 Å². The van der Waals surface area contributed by atoms with Gasteiger partial charge >= 0.3 is 0 Å². The maximum absolute atomic E-state index is 9.68.